The Hall–Kier alpha value is -1.14. The molecule has 1 aromatic heterocycles. The first kappa shape index (κ1) is 12.3. The Balaban J connectivity index is 2.00. The number of hydrogen-bond acceptors (Lipinski definition) is 6. The molecule has 2 heterocycles. The first-order valence-electron chi connectivity index (χ1n) is 5.72. The number of ether oxygens (including phenoxy) is 1. The van der Waals surface area contributed by atoms with E-state index in [1.807, 2.05) is 6.92 Å². The van der Waals surface area contributed by atoms with Gasteiger partial charge in [-0.3, -0.25) is 0 Å². The van der Waals surface area contributed by atoms with Gasteiger partial charge in [-0.15, -0.1) is 0 Å². The number of piperidine rings is 1. The highest BCUT2D eigenvalue weighted by Gasteiger charge is 2.21. The fraction of sp³-hybridized carbons (Fsp3) is 0.700. The number of nitrogen functional groups attached to an aromatic ring is 1. The lowest BCUT2D eigenvalue weighted by Gasteiger charge is -2.31. The van der Waals surface area contributed by atoms with Gasteiger partial charge in [0, 0.05) is 19.7 Å². The number of hydrogen-bond donors (Lipinski definition) is 1. The summed E-state index contributed by atoms with van der Waals surface area (Å²) in [5.74, 6) is 0.712. The highest BCUT2D eigenvalue weighted by atomic mass is 35.5. The van der Waals surface area contributed by atoms with Crippen LogP contribution < -0.4 is 10.6 Å². The molecule has 1 aromatic rings. The van der Waals surface area contributed by atoms with E-state index in [0.717, 1.165) is 32.5 Å². The first-order valence-corrected chi connectivity index (χ1v) is 6.10. The summed E-state index contributed by atoms with van der Waals surface area (Å²) < 4.78 is 5.58. The highest BCUT2D eigenvalue weighted by Crippen LogP contribution is 2.19. The molecule has 0 aliphatic carbocycles. The van der Waals surface area contributed by atoms with Crippen molar-refractivity contribution in [2.24, 2.45) is 0 Å². The van der Waals surface area contributed by atoms with Gasteiger partial charge in [0.1, 0.15) is 0 Å². The predicted octanol–water partition coefficient (Wildman–Crippen LogP) is 1.11. The number of nitrogens with two attached hydrogens (primary N) is 1. The molecule has 0 unspecified atom stereocenters. The first-order chi connectivity index (χ1) is 8.19. The molecule has 17 heavy (non-hydrogen) atoms. The van der Waals surface area contributed by atoms with Crippen molar-refractivity contribution in [1.82, 2.24) is 15.0 Å². The molecule has 2 rings (SSSR count). The molecule has 2 N–H and O–H groups in total. The van der Waals surface area contributed by atoms with Crippen LogP contribution in [0.2, 0.25) is 5.28 Å². The van der Waals surface area contributed by atoms with Gasteiger partial charge in [-0.1, -0.05) is 0 Å². The van der Waals surface area contributed by atoms with Crippen LogP contribution in [0.3, 0.4) is 0 Å². The van der Waals surface area contributed by atoms with Gasteiger partial charge >= 0.3 is 0 Å². The molecular formula is C10H16ClN5O. The maximum Gasteiger partial charge on any atom is 0.231 e. The van der Waals surface area contributed by atoms with E-state index >= 15 is 0 Å². The zero-order valence-electron chi connectivity index (χ0n) is 9.77. The van der Waals surface area contributed by atoms with Gasteiger partial charge in [0.2, 0.25) is 17.2 Å². The van der Waals surface area contributed by atoms with Crippen LogP contribution >= 0.6 is 11.6 Å². The monoisotopic (exact) mass is 257 g/mol. The van der Waals surface area contributed by atoms with E-state index in [9.17, 15) is 0 Å². The Labute approximate surface area is 105 Å². The van der Waals surface area contributed by atoms with E-state index in [-0.39, 0.29) is 11.2 Å². The van der Waals surface area contributed by atoms with E-state index in [2.05, 4.69) is 19.9 Å². The van der Waals surface area contributed by atoms with Gasteiger partial charge in [-0.05, 0) is 31.4 Å². The minimum absolute atomic E-state index is 0.138. The van der Waals surface area contributed by atoms with Gasteiger partial charge in [0.05, 0.1) is 6.10 Å². The molecule has 7 heteroatoms. The van der Waals surface area contributed by atoms with Crippen molar-refractivity contribution in [3.05, 3.63) is 5.28 Å². The fourth-order valence-electron chi connectivity index (χ4n) is 1.95. The maximum absolute atomic E-state index is 5.75. The minimum Gasteiger partial charge on any atom is -0.378 e. The molecule has 0 aromatic carbocycles. The summed E-state index contributed by atoms with van der Waals surface area (Å²) in [5.41, 5.74) is 5.54. The van der Waals surface area contributed by atoms with Crippen molar-refractivity contribution < 1.29 is 4.74 Å². The normalized spacial score (nSPS) is 17.4. The smallest absolute Gasteiger partial charge is 0.231 e. The van der Waals surface area contributed by atoms with Crippen molar-refractivity contribution in [1.29, 1.82) is 0 Å². The lowest BCUT2D eigenvalue weighted by molar-refractivity contribution is 0.0457. The topological polar surface area (TPSA) is 77.2 Å². The molecule has 0 radical (unpaired) electrons. The van der Waals surface area contributed by atoms with Gasteiger partial charge in [-0.25, -0.2) is 0 Å². The highest BCUT2D eigenvalue weighted by molar-refractivity contribution is 6.28. The average Bonchev–Trinajstić information content (AvgIpc) is 2.29. The lowest BCUT2D eigenvalue weighted by Crippen LogP contribution is -2.38. The Morgan fingerprint density at radius 3 is 2.65 bits per heavy atom. The molecule has 0 bridgehead atoms. The van der Waals surface area contributed by atoms with Crippen molar-refractivity contribution in [3.8, 4) is 0 Å². The van der Waals surface area contributed by atoms with Crippen LogP contribution in [0.1, 0.15) is 19.8 Å². The molecule has 0 amide bonds. The molecule has 6 nitrogen and oxygen atoms in total. The molecule has 1 saturated heterocycles. The van der Waals surface area contributed by atoms with Gasteiger partial charge < -0.3 is 15.4 Å². The van der Waals surface area contributed by atoms with Crippen molar-refractivity contribution in [3.63, 3.8) is 0 Å². The van der Waals surface area contributed by atoms with Crippen LogP contribution in [0.15, 0.2) is 0 Å². The molecule has 1 aliphatic heterocycles. The van der Waals surface area contributed by atoms with Crippen LogP contribution in [0, 0.1) is 0 Å². The van der Waals surface area contributed by atoms with E-state index in [1.54, 1.807) is 0 Å². The minimum atomic E-state index is 0.138. The van der Waals surface area contributed by atoms with E-state index in [4.69, 9.17) is 22.1 Å². The fourth-order valence-corrected chi connectivity index (χ4v) is 2.12. The van der Waals surface area contributed by atoms with Crippen LogP contribution in [0.4, 0.5) is 11.9 Å². The number of aromatic nitrogens is 3. The Kier molecular flexibility index (Phi) is 3.96. The Morgan fingerprint density at radius 1 is 1.35 bits per heavy atom. The van der Waals surface area contributed by atoms with Crippen LogP contribution in [0.25, 0.3) is 0 Å². The summed E-state index contributed by atoms with van der Waals surface area (Å²) in [5, 5.41) is 0.138. The molecule has 1 aliphatic rings. The number of anilines is 2. The van der Waals surface area contributed by atoms with Crippen molar-refractivity contribution in [2.45, 2.75) is 25.9 Å². The van der Waals surface area contributed by atoms with Crippen LogP contribution in [0.5, 0.6) is 0 Å². The zero-order valence-corrected chi connectivity index (χ0v) is 10.5. The molecule has 0 atom stereocenters. The molecule has 1 fully saturated rings. The summed E-state index contributed by atoms with van der Waals surface area (Å²) in [6, 6.07) is 0. The van der Waals surface area contributed by atoms with Gasteiger partial charge in [0.15, 0.2) is 0 Å². The van der Waals surface area contributed by atoms with Gasteiger partial charge in [-0.2, -0.15) is 15.0 Å². The second-order valence-electron chi connectivity index (χ2n) is 3.90. The summed E-state index contributed by atoms with van der Waals surface area (Å²) in [4.78, 5) is 14.0. The molecular weight excluding hydrogens is 242 g/mol. The van der Waals surface area contributed by atoms with Crippen LogP contribution in [-0.4, -0.2) is 40.8 Å². The predicted molar refractivity (Wildman–Crippen MR) is 66.1 cm³/mol. The number of rotatable bonds is 3. The second-order valence-corrected chi connectivity index (χ2v) is 4.24. The zero-order chi connectivity index (χ0) is 12.3. The Morgan fingerprint density at radius 2 is 2.06 bits per heavy atom. The van der Waals surface area contributed by atoms with Crippen molar-refractivity contribution in [2.75, 3.05) is 30.3 Å². The van der Waals surface area contributed by atoms with Gasteiger partial charge in [0.25, 0.3) is 0 Å². The van der Waals surface area contributed by atoms with Crippen molar-refractivity contribution >= 4 is 23.5 Å². The SMILES string of the molecule is CCOC1CCN(c2nc(N)nc(Cl)n2)CC1. The summed E-state index contributed by atoms with van der Waals surface area (Å²) in [6.45, 7) is 4.48. The van der Waals surface area contributed by atoms with Crippen LogP contribution in [-0.2, 0) is 4.74 Å². The summed E-state index contributed by atoms with van der Waals surface area (Å²) >= 11 is 5.75. The van der Waals surface area contributed by atoms with E-state index < -0.39 is 0 Å². The Bertz CT molecular complexity index is 361. The number of nitrogens with zero attached hydrogens (tertiary/aromatic N) is 4. The largest absolute Gasteiger partial charge is 0.378 e. The second kappa shape index (κ2) is 5.46. The number of halogens is 1. The molecule has 94 valence electrons. The maximum atomic E-state index is 5.75. The average molecular weight is 258 g/mol. The third-order valence-corrected chi connectivity index (χ3v) is 2.91. The van der Waals surface area contributed by atoms with E-state index in [1.165, 1.54) is 0 Å². The quantitative estimate of drug-likeness (QED) is 0.874. The molecule has 0 saturated carbocycles. The third-order valence-electron chi connectivity index (χ3n) is 2.74. The third kappa shape index (κ3) is 3.17. The summed E-state index contributed by atoms with van der Waals surface area (Å²) in [6.07, 6.45) is 2.28. The lowest BCUT2D eigenvalue weighted by atomic mass is 10.1. The molecule has 0 spiro atoms. The summed E-state index contributed by atoms with van der Waals surface area (Å²) in [7, 11) is 0. The van der Waals surface area contributed by atoms with E-state index in [0.29, 0.717) is 12.1 Å². The standard InChI is InChI=1S/C10H16ClN5O/c1-2-17-7-3-5-16(6-4-7)10-14-8(11)13-9(12)15-10/h7H,2-6H2,1H3,(H2,12,13,14,15).